The van der Waals surface area contributed by atoms with E-state index in [0.717, 1.165) is 10.0 Å². The Morgan fingerprint density at radius 1 is 1.25 bits per heavy atom. The molecular formula is C9H14BrClN2O2S. The van der Waals surface area contributed by atoms with Crippen LogP contribution in [0, 0.1) is 0 Å². The van der Waals surface area contributed by atoms with Gasteiger partial charge >= 0.3 is 0 Å². The normalized spacial score (nSPS) is 10.9. The molecule has 0 bridgehead atoms. The van der Waals surface area contributed by atoms with Crippen LogP contribution in [0.4, 0.5) is 0 Å². The lowest BCUT2D eigenvalue weighted by Gasteiger charge is -2.05. The minimum Gasteiger partial charge on any atom is -0.329 e. The van der Waals surface area contributed by atoms with Gasteiger partial charge in [0.05, 0.1) is 5.75 Å². The van der Waals surface area contributed by atoms with Gasteiger partial charge in [0.25, 0.3) is 0 Å². The Labute approximate surface area is 110 Å². The number of benzene rings is 1. The van der Waals surface area contributed by atoms with Crippen molar-refractivity contribution in [3.63, 3.8) is 0 Å². The van der Waals surface area contributed by atoms with Crippen LogP contribution in [-0.4, -0.2) is 21.5 Å². The first kappa shape index (κ1) is 15.9. The van der Waals surface area contributed by atoms with Gasteiger partial charge < -0.3 is 5.73 Å². The number of hydrogen-bond acceptors (Lipinski definition) is 3. The standard InChI is InChI=1S/C9H13BrN2O2S.ClH/c10-9-3-1-8(2-4-9)7-15(13,14)12-6-5-11;/h1-4,12H,5-7,11H2;1H. The fourth-order valence-electron chi connectivity index (χ4n) is 1.07. The molecule has 0 aliphatic carbocycles. The van der Waals surface area contributed by atoms with Crippen molar-refractivity contribution in [3.8, 4) is 0 Å². The molecule has 0 spiro atoms. The van der Waals surface area contributed by atoms with Crippen LogP contribution in [0.25, 0.3) is 0 Å². The lowest BCUT2D eigenvalue weighted by atomic mass is 10.2. The Morgan fingerprint density at radius 2 is 1.81 bits per heavy atom. The van der Waals surface area contributed by atoms with Crippen molar-refractivity contribution in [1.29, 1.82) is 0 Å². The quantitative estimate of drug-likeness (QED) is 0.854. The van der Waals surface area contributed by atoms with Gasteiger partial charge in [-0.1, -0.05) is 28.1 Å². The molecule has 1 aromatic rings. The molecule has 0 aromatic heterocycles. The predicted molar refractivity (Wildman–Crippen MR) is 71.1 cm³/mol. The van der Waals surface area contributed by atoms with Gasteiger partial charge in [-0.25, -0.2) is 13.1 Å². The Morgan fingerprint density at radius 3 is 2.31 bits per heavy atom. The zero-order valence-corrected chi connectivity index (χ0v) is 11.7. The van der Waals surface area contributed by atoms with Gasteiger partial charge in [0.2, 0.25) is 10.0 Å². The van der Waals surface area contributed by atoms with Gasteiger partial charge in [0, 0.05) is 17.6 Å². The third-order valence-electron chi connectivity index (χ3n) is 1.74. The molecule has 92 valence electrons. The number of rotatable bonds is 5. The Hall–Kier alpha value is -0.140. The molecule has 0 atom stereocenters. The molecule has 1 aromatic carbocycles. The van der Waals surface area contributed by atoms with E-state index in [9.17, 15) is 8.42 Å². The minimum atomic E-state index is -3.25. The second-order valence-corrected chi connectivity index (χ2v) is 5.79. The summed E-state index contributed by atoms with van der Waals surface area (Å²) in [6.45, 7) is 0.582. The molecular weight excluding hydrogens is 316 g/mol. The molecule has 0 heterocycles. The maximum atomic E-state index is 11.5. The molecule has 0 saturated carbocycles. The summed E-state index contributed by atoms with van der Waals surface area (Å²) in [4.78, 5) is 0. The SMILES string of the molecule is Cl.NCCNS(=O)(=O)Cc1ccc(Br)cc1. The number of halogens is 2. The summed E-state index contributed by atoms with van der Waals surface area (Å²) in [6, 6.07) is 7.17. The fourth-order valence-corrected chi connectivity index (χ4v) is 2.49. The maximum Gasteiger partial charge on any atom is 0.215 e. The summed E-state index contributed by atoms with van der Waals surface area (Å²) in [5.74, 6) is -0.0136. The van der Waals surface area contributed by atoms with Crippen LogP contribution in [0.2, 0.25) is 0 Å². The van der Waals surface area contributed by atoms with Gasteiger partial charge in [-0.15, -0.1) is 12.4 Å². The van der Waals surface area contributed by atoms with E-state index in [1.54, 1.807) is 12.1 Å². The van der Waals surface area contributed by atoms with E-state index in [-0.39, 0.29) is 24.7 Å². The summed E-state index contributed by atoms with van der Waals surface area (Å²) in [5, 5.41) is 0. The molecule has 3 N–H and O–H groups in total. The highest BCUT2D eigenvalue weighted by atomic mass is 79.9. The topological polar surface area (TPSA) is 72.2 Å². The summed E-state index contributed by atoms with van der Waals surface area (Å²) in [5.41, 5.74) is 5.97. The van der Waals surface area contributed by atoms with Crippen LogP contribution in [0.3, 0.4) is 0 Å². The van der Waals surface area contributed by atoms with Crippen molar-refractivity contribution in [2.75, 3.05) is 13.1 Å². The van der Waals surface area contributed by atoms with Crippen LogP contribution >= 0.6 is 28.3 Å². The van der Waals surface area contributed by atoms with Crippen LogP contribution in [0.5, 0.6) is 0 Å². The molecule has 0 unspecified atom stereocenters. The van der Waals surface area contributed by atoms with Crippen LogP contribution in [0.15, 0.2) is 28.7 Å². The van der Waals surface area contributed by atoms with Crippen molar-refractivity contribution >= 4 is 38.4 Å². The molecule has 7 heteroatoms. The fraction of sp³-hybridized carbons (Fsp3) is 0.333. The van der Waals surface area contributed by atoms with E-state index >= 15 is 0 Å². The van der Waals surface area contributed by atoms with E-state index in [1.165, 1.54) is 0 Å². The first-order chi connectivity index (χ1) is 7.03. The molecule has 4 nitrogen and oxygen atoms in total. The van der Waals surface area contributed by atoms with Gasteiger partial charge in [0.15, 0.2) is 0 Å². The van der Waals surface area contributed by atoms with Crippen molar-refractivity contribution in [3.05, 3.63) is 34.3 Å². The highest BCUT2D eigenvalue weighted by molar-refractivity contribution is 9.10. The zero-order chi connectivity index (χ0) is 11.3. The monoisotopic (exact) mass is 328 g/mol. The van der Waals surface area contributed by atoms with Gasteiger partial charge in [-0.05, 0) is 17.7 Å². The van der Waals surface area contributed by atoms with E-state index in [0.29, 0.717) is 6.54 Å². The average molecular weight is 330 g/mol. The first-order valence-corrected chi connectivity index (χ1v) is 6.90. The van der Waals surface area contributed by atoms with Crippen LogP contribution < -0.4 is 10.5 Å². The van der Waals surface area contributed by atoms with Crippen LogP contribution in [-0.2, 0) is 15.8 Å². The van der Waals surface area contributed by atoms with E-state index < -0.39 is 10.0 Å². The lowest BCUT2D eigenvalue weighted by Crippen LogP contribution is -2.30. The molecule has 1 rings (SSSR count). The number of nitrogens with one attached hydrogen (secondary N) is 1. The Balaban J connectivity index is 0.00000225. The van der Waals surface area contributed by atoms with E-state index in [2.05, 4.69) is 20.7 Å². The molecule has 0 saturated heterocycles. The summed E-state index contributed by atoms with van der Waals surface area (Å²) in [6.07, 6.45) is 0. The molecule has 0 aliphatic rings. The first-order valence-electron chi connectivity index (χ1n) is 4.45. The second kappa shape index (κ2) is 7.24. The second-order valence-electron chi connectivity index (χ2n) is 3.07. The van der Waals surface area contributed by atoms with Crippen molar-refractivity contribution in [2.24, 2.45) is 5.73 Å². The predicted octanol–water partition coefficient (Wildman–Crippen LogP) is 1.25. The van der Waals surface area contributed by atoms with Crippen molar-refractivity contribution in [2.45, 2.75) is 5.75 Å². The van der Waals surface area contributed by atoms with Gasteiger partial charge in [-0.2, -0.15) is 0 Å². The molecule has 0 amide bonds. The Kier molecular flexibility index (Phi) is 7.17. The number of hydrogen-bond donors (Lipinski definition) is 2. The molecule has 0 fully saturated rings. The largest absolute Gasteiger partial charge is 0.329 e. The summed E-state index contributed by atoms with van der Waals surface area (Å²) >= 11 is 3.29. The average Bonchev–Trinajstić information content (AvgIpc) is 2.18. The molecule has 0 aliphatic heterocycles. The number of nitrogens with two attached hydrogens (primary N) is 1. The smallest absolute Gasteiger partial charge is 0.215 e. The third kappa shape index (κ3) is 5.81. The summed E-state index contributed by atoms with van der Waals surface area (Å²) < 4.78 is 26.3. The lowest BCUT2D eigenvalue weighted by molar-refractivity contribution is 0.581. The zero-order valence-electron chi connectivity index (χ0n) is 8.52. The van der Waals surface area contributed by atoms with Gasteiger partial charge in [-0.3, -0.25) is 0 Å². The molecule has 16 heavy (non-hydrogen) atoms. The highest BCUT2D eigenvalue weighted by Gasteiger charge is 2.09. The van der Waals surface area contributed by atoms with Crippen molar-refractivity contribution < 1.29 is 8.42 Å². The van der Waals surface area contributed by atoms with Crippen molar-refractivity contribution in [1.82, 2.24) is 4.72 Å². The summed E-state index contributed by atoms with van der Waals surface area (Å²) in [7, 11) is -3.25. The minimum absolute atomic E-state index is 0. The Bertz CT molecular complexity index is 408. The van der Waals surface area contributed by atoms with E-state index in [1.807, 2.05) is 12.1 Å². The van der Waals surface area contributed by atoms with E-state index in [4.69, 9.17) is 5.73 Å². The van der Waals surface area contributed by atoms with Crippen LogP contribution in [0.1, 0.15) is 5.56 Å². The number of sulfonamides is 1. The molecule has 0 radical (unpaired) electrons. The highest BCUT2D eigenvalue weighted by Crippen LogP contribution is 2.12. The third-order valence-corrected chi connectivity index (χ3v) is 3.62. The van der Waals surface area contributed by atoms with Gasteiger partial charge in [0.1, 0.15) is 0 Å². The maximum absolute atomic E-state index is 11.5.